The van der Waals surface area contributed by atoms with Gasteiger partial charge in [0.1, 0.15) is 0 Å². The lowest BCUT2D eigenvalue weighted by atomic mass is 9.99. The minimum Gasteiger partial charge on any atom is -0.326 e. The summed E-state index contributed by atoms with van der Waals surface area (Å²) < 4.78 is 0. The molecule has 0 radical (unpaired) electrons. The van der Waals surface area contributed by atoms with Gasteiger partial charge >= 0.3 is 0 Å². The maximum atomic E-state index is 12.6. The molecule has 1 aliphatic heterocycles. The summed E-state index contributed by atoms with van der Waals surface area (Å²) in [5.41, 5.74) is 5.17. The average molecular weight is 309 g/mol. The molecule has 1 aliphatic rings. The van der Waals surface area contributed by atoms with E-state index in [2.05, 4.69) is 15.6 Å². The Morgan fingerprint density at radius 3 is 2.96 bits per heavy atom. The normalized spacial score (nSPS) is 13.2. The van der Waals surface area contributed by atoms with Crippen LogP contribution in [0.5, 0.6) is 0 Å². The number of rotatable bonds is 3. The van der Waals surface area contributed by atoms with E-state index in [1.54, 1.807) is 18.5 Å². The van der Waals surface area contributed by atoms with Crippen molar-refractivity contribution < 1.29 is 9.59 Å². The first-order valence-corrected chi connectivity index (χ1v) is 7.76. The first kappa shape index (κ1) is 15.2. The molecule has 0 unspecified atom stereocenters. The quantitative estimate of drug-likeness (QED) is 0.915. The topological polar surface area (TPSA) is 71.1 Å². The second-order valence-electron chi connectivity index (χ2n) is 5.71. The van der Waals surface area contributed by atoms with Gasteiger partial charge in [0.25, 0.3) is 5.91 Å². The van der Waals surface area contributed by atoms with Crippen molar-refractivity contribution >= 4 is 23.2 Å². The molecule has 5 heteroatoms. The lowest BCUT2D eigenvalue weighted by molar-refractivity contribution is -0.116. The zero-order valence-electron chi connectivity index (χ0n) is 13.3. The Morgan fingerprint density at radius 2 is 2.17 bits per heavy atom. The van der Waals surface area contributed by atoms with Gasteiger partial charge in [0, 0.05) is 35.8 Å². The third kappa shape index (κ3) is 3.08. The predicted molar refractivity (Wildman–Crippen MR) is 89.7 cm³/mol. The molecule has 2 heterocycles. The number of amides is 2. The van der Waals surface area contributed by atoms with Crippen LogP contribution in [0.2, 0.25) is 0 Å². The van der Waals surface area contributed by atoms with E-state index >= 15 is 0 Å². The lowest BCUT2D eigenvalue weighted by Crippen LogP contribution is -2.20. The first-order valence-electron chi connectivity index (χ1n) is 7.76. The summed E-state index contributed by atoms with van der Waals surface area (Å²) in [6, 6.07) is 5.60. The minimum absolute atomic E-state index is 0.0399. The Morgan fingerprint density at radius 1 is 1.35 bits per heavy atom. The number of fused-ring (bicyclic) bond motifs is 1. The molecule has 0 atom stereocenters. The number of hydrogen-bond donors (Lipinski definition) is 2. The molecule has 2 aromatic rings. The molecule has 2 amide bonds. The van der Waals surface area contributed by atoms with E-state index in [-0.39, 0.29) is 11.8 Å². The van der Waals surface area contributed by atoms with E-state index in [1.807, 2.05) is 26.0 Å². The molecule has 0 saturated carbocycles. The fraction of sp³-hybridized carbons (Fsp3) is 0.278. The van der Waals surface area contributed by atoms with Crippen LogP contribution in [0, 0.1) is 6.92 Å². The van der Waals surface area contributed by atoms with Crippen molar-refractivity contribution in [3.8, 4) is 0 Å². The van der Waals surface area contributed by atoms with Gasteiger partial charge in [-0.3, -0.25) is 14.6 Å². The highest BCUT2D eigenvalue weighted by Crippen LogP contribution is 2.29. The van der Waals surface area contributed by atoms with Gasteiger partial charge in [0.05, 0.1) is 0 Å². The number of aryl methyl sites for hydroxylation is 3. The van der Waals surface area contributed by atoms with Gasteiger partial charge < -0.3 is 10.6 Å². The number of carbonyl (C=O) groups excluding carboxylic acids is 2. The van der Waals surface area contributed by atoms with Crippen LogP contribution < -0.4 is 10.6 Å². The van der Waals surface area contributed by atoms with Crippen molar-refractivity contribution in [2.75, 3.05) is 10.6 Å². The summed E-state index contributed by atoms with van der Waals surface area (Å²) in [6.45, 7) is 3.92. The van der Waals surface area contributed by atoms with Gasteiger partial charge in [-0.15, -0.1) is 0 Å². The molecule has 0 saturated heterocycles. The molecule has 118 valence electrons. The van der Waals surface area contributed by atoms with Crippen LogP contribution in [0.3, 0.4) is 0 Å². The smallest absolute Gasteiger partial charge is 0.256 e. The maximum Gasteiger partial charge on any atom is 0.256 e. The largest absolute Gasteiger partial charge is 0.326 e. The molecule has 0 spiro atoms. The van der Waals surface area contributed by atoms with Crippen molar-refractivity contribution in [1.29, 1.82) is 0 Å². The number of aromatic nitrogens is 1. The molecule has 0 aliphatic carbocycles. The molecule has 1 aromatic heterocycles. The summed E-state index contributed by atoms with van der Waals surface area (Å²) in [7, 11) is 0. The highest BCUT2D eigenvalue weighted by Gasteiger charge is 2.18. The Kier molecular flexibility index (Phi) is 4.10. The minimum atomic E-state index is -0.132. The molecule has 1 aromatic carbocycles. The summed E-state index contributed by atoms with van der Waals surface area (Å²) >= 11 is 0. The Balaban J connectivity index is 1.88. The van der Waals surface area contributed by atoms with Gasteiger partial charge in [-0.2, -0.15) is 0 Å². The standard InChI is InChI=1S/C18H19N3O2/c1-3-12-10-19-7-6-14(12)18(23)21-15-9-13-4-5-17(22)20-16(13)8-11(15)2/h6-10H,3-5H2,1-2H3,(H,20,22)(H,21,23). The first-order chi connectivity index (χ1) is 11.1. The Labute approximate surface area is 135 Å². The van der Waals surface area contributed by atoms with Crippen LogP contribution >= 0.6 is 0 Å². The summed E-state index contributed by atoms with van der Waals surface area (Å²) in [5, 5.41) is 5.85. The van der Waals surface area contributed by atoms with Crippen LogP contribution in [0.15, 0.2) is 30.6 Å². The van der Waals surface area contributed by atoms with Crippen LogP contribution in [0.25, 0.3) is 0 Å². The molecule has 5 nitrogen and oxygen atoms in total. The molecule has 0 fully saturated rings. The van der Waals surface area contributed by atoms with Crippen LogP contribution in [0.1, 0.15) is 40.4 Å². The van der Waals surface area contributed by atoms with Gasteiger partial charge in [-0.1, -0.05) is 6.92 Å². The van der Waals surface area contributed by atoms with Gasteiger partial charge in [-0.25, -0.2) is 0 Å². The third-order valence-corrected chi connectivity index (χ3v) is 4.12. The number of hydrogen-bond acceptors (Lipinski definition) is 3. The zero-order chi connectivity index (χ0) is 16.4. The van der Waals surface area contributed by atoms with E-state index < -0.39 is 0 Å². The van der Waals surface area contributed by atoms with Crippen molar-refractivity contribution in [3.63, 3.8) is 0 Å². The summed E-state index contributed by atoms with van der Waals surface area (Å²) in [6.07, 6.45) is 5.28. The van der Waals surface area contributed by atoms with E-state index in [9.17, 15) is 9.59 Å². The van der Waals surface area contributed by atoms with Gasteiger partial charge in [0.15, 0.2) is 0 Å². The molecule has 2 N–H and O–H groups in total. The fourth-order valence-electron chi connectivity index (χ4n) is 2.79. The Bertz CT molecular complexity index is 784. The number of pyridine rings is 1. The zero-order valence-corrected chi connectivity index (χ0v) is 13.3. The third-order valence-electron chi connectivity index (χ3n) is 4.12. The van der Waals surface area contributed by atoms with Crippen molar-refractivity contribution in [2.24, 2.45) is 0 Å². The monoisotopic (exact) mass is 309 g/mol. The molecule has 3 rings (SSSR count). The molecule has 23 heavy (non-hydrogen) atoms. The van der Waals surface area contributed by atoms with E-state index in [4.69, 9.17) is 0 Å². The average Bonchev–Trinajstić information content (AvgIpc) is 2.55. The highest BCUT2D eigenvalue weighted by atomic mass is 16.2. The second-order valence-corrected chi connectivity index (χ2v) is 5.71. The number of nitrogens with one attached hydrogen (secondary N) is 2. The number of anilines is 2. The molecular weight excluding hydrogens is 290 g/mol. The second kappa shape index (κ2) is 6.20. The Hall–Kier alpha value is -2.69. The van der Waals surface area contributed by atoms with Crippen LogP contribution in [-0.4, -0.2) is 16.8 Å². The van der Waals surface area contributed by atoms with E-state index in [1.165, 1.54) is 0 Å². The van der Waals surface area contributed by atoms with Crippen molar-refractivity contribution in [1.82, 2.24) is 4.98 Å². The van der Waals surface area contributed by atoms with Gasteiger partial charge in [-0.05, 0) is 54.7 Å². The van der Waals surface area contributed by atoms with Crippen LogP contribution in [0.4, 0.5) is 11.4 Å². The van der Waals surface area contributed by atoms with Gasteiger partial charge in [0.2, 0.25) is 5.91 Å². The predicted octanol–water partition coefficient (Wildman–Crippen LogP) is 3.09. The number of nitrogens with zero attached hydrogens (tertiary/aromatic N) is 1. The maximum absolute atomic E-state index is 12.6. The van der Waals surface area contributed by atoms with E-state index in [0.717, 1.165) is 34.5 Å². The summed E-state index contributed by atoms with van der Waals surface area (Å²) in [4.78, 5) is 28.1. The van der Waals surface area contributed by atoms with Crippen molar-refractivity contribution in [2.45, 2.75) is 33.1 Å². The highest BCUT2D eigenvalue weighted by molar-refractivity contribution is 6.06. The summed E-state index contributed by atoms with van der Waals surface area (Å²) in [5.74, 6) is -0.0924. The SMILES string of the molecule is CCc1cnccc1C(=O)Nc1cc2c(cc1C)NC(=O)CC2. The number of benzene rings is 1. The molecular formula is C18H19N3O2. The van der Waals surface area contributed by atoms with Crippen molar-refractivity contribution in [3.05, 3.63) is 52.8 Å². The fourth-order valence-corrected chi connectivity index (χ4v) is 2.79. The van der Waals surface area contributed by atoms with E-state index in [0.29, 0.717) is 18.4 Å². The molecule has 0 bridgehead atoms. The lowest BCUT2D eigenvalue weighted by Gasteiger charge is -2.20. The van der Waals surface area contributed by atoms with Crippen LogP contribution in [-0.2, 0) is 17.6 Å². The number of carbonyl (C=O) groups is 2.